The molecule has 0 saturated heterocycles. The third kappa shape index (κ3) is 3.26. The molecule has 0 bridgehead atoms. The molecule has 0 fully saturated rings. The van der Waals surface area contributed by atoms with Crippen LogP contribution in [-0.2, 0) is 18.1 Å². The van der Waals surface area contributed by atoms with Crippen molar-refractivity contribution in [1.82, 2.24) is 9.55 Å². The molecule has 2 aromatic carbocycles. The predicted molar refractivity (Wildman–Crippen MR) is 85.8 cm³/mol. The van der Waals surface area contributed by atoms with Gasteiger partial charge in [0.05, 0.1) is 17.5 Å². The highest BCUT2D eigenvalue weighted by molar-refractivity contribution is 5.80. The molecule has 3 rings (SSSR count). The maximum absolute atomic E-state index is 12.0. The van der Waals surface area contributed by atoms with E-state index in [0.717, 1.165) is 5.56 Å². The first-order valence-electron chi connectivity index (χ1n) is 7.18. The summed E-state index contributed by atoms with van der Waals surface area (Å²) in [5.74, 6) is 0. The van der Waals surface area contributed by atoms with E-state index in [1.54, 1.807) is 0 Å². The van der Waals surface area contributed by atoms with Gasteiger partial charge in [0.25, 0.3) is 5.56 Å². The van der Waals surface area contributed by atoms with Gasteiger partial charge in [-0.3, -0.25) is 14.3 Å². The zero-order chi connectivity index (χ0) is 17.1. The van der Waals surface area contributed by atoms with Gasteiger partial charge in [0.2, 0.25) is 0 Å². The normalized spacial score (nSPS) is 12.4. The van der Waals surface area contributed by atoms with E-state index >= 15 is 0 Å². The van der Waals surface area contributed by atoms with E-state index in [2.05, 4.69) is 4.98 Å². The molecule has 0 aliphatic heterocycles. The monoisotopic (exact) mass is 329 g/mol. The third-order valence-corrected chi connectivity index (χ3v) is 3.58. The minimum absolute atomic E-state index is 0.0246. The van der Waals surface area contributed by atoms with Crippen molar-refractivity contribution < 1.29 is 15.2 Å². The Balaban J connectivity index is 1.92. The van der Waals surface area contributed by atoms with Crippen molar-refractivity contribution in [3.63, 3.8) is 0 Å². The Hall–Kier alpha value is -2.78. The second-order valence-electron chi connectivity index (χ2n) is 5.19. The van der Waals surface area contributed by atoms with Crippen LogP contribution in [0.5, 0.6) is 0 Å². The Labute approximate surface area is 135 Å². The van der Waals surface area contributed by atoms with Crippen molar-refractivity contribution in [3.8, 4) is 0 Å². The number of aromatic nitrogens is 2. The van der Waals surface area contributed by atoms with Crippen LogP contribution >= 0.6 is 0 Å². The molecule has 3 N–H and O–H groups in total. The zero-order valence-corrected chi connectivity index (χ0v) is 12.6. The Morgan fingerprint density at radius 1 is 1.17 bits per heavy atom. The van der Waals surface area contributed by atoms with Crippen LogP contribution in [0.25, 0.3) is 10.9 Å². The molecule has 124 valence electrons. The van der Waals surface area contributed by atoms with Gasteiger partial charge in [-0.15, -0.1) is 0 Å². The number of aromatic amines is 1. The summed E-state index contributed by atoms with van der Waals surface area (Å²) in [6.45, 7) is 0.245. The number of quaternary nitrogens is 1. The maximum atomic E-state index is 12.0. The Morgan fingerprint density at radius 2 is 1.92 bits per heavy atom. The van der Waals surface area contributed by atoms with E-state index in [0.29, 0.717) is 12.1 Å². The fourth-order valence-corrected chi connectivity index (χ4v) is 2.38. The summed E-state index contributed by atoms with van der Waals surface area (Å²) in [5, 5.41) is 19.0. The third-order valence-electron chi connectivity index (χ3n) is 3.58. The van der Waals surface area contributed by atoms with Crippen molar-refractivity contribution in [2.45, 2.75) is 13.3 Å². The minimum atomic E-state index is -1.14. The Morgan fingerprint density at radius 3 is 2.62 bits per heavy atom. The molecule has 24 heavy (non-hydrogen) atoms. The zero-order valence-electron chi connectivity index (χ0n) is 12.6. The quantitative estimate of drug-likeness (QED) is 0.582. The van der Waals surface area contributed by atoms with Gasteiger partial charge in [-0.25, -0.2) is 10.0 Å². The molecular weight excluding hydrogens is 314 g/mol. The molecule has 0 amide bonds. The first-order valence-corrected chi connectivity index (χ1v) is 7.18. The number of nitrogens with one attached hydrogen (secondary N) is 2. The number of benzene rings is 2. The molecule has 0 aliphatic rings. The van der Waals surface area contributed by atoms with Crippen LogP contribution in [0.2, 0.25) is 0 Å². The summed E-state index contributed by atoms with van der Waals surface area (Å²) in [6.07, 6.45) is 0. The van der Waals surface area contributed by atoms with Crippen LogP contribution in [0.15, 0.2) is 58.1 Å². The number of rotatable bonds is 5. The van der Waals surface area contributed by atoms with Crippen LogP contribution in [0.4, 0.5) is 5.69 Å². The van der Waals surface area contributed by atoms with Gasteiger partial charge in [0.1, 0.15) is 6.73 Å². The Kier molecular flexibility index (Phi) is 4.54. The average molecular weight is 329 g/mol. The highest BCUT2D eigenvalue weighted by atomic mass is 16.8. The summed E-state index contributed by atoms with van der Waals surface area (Å²) >= 11 is 0. The summed E-state index contributed by atoms with van der Waals surface area (Å²) in [5.41, 5.74) is 0.0127. The lowest BCUT2D eigenvalue weighted by atomic mass is 10.2. The SMILES string of the molecule is O=c1[nH]c(=O)n(COCc2ccccc2)c2ccc([NH+]([O-])O)cc12. The average Bonchev–Trinajstić information content (AvgIpc) is 2.58. The molecule has 0 spiro atoms. The van der Waals surface area contributed by atoms with Crippen molar-refractivity contribution in [3.05, 3.63) is 80.1 Å². The van der Waals surface area contributed by atoms with Crippen LogP contribution < -0.4 is 16.5 Å². The number of hydrogen-bond acceptors (Lipinski definition) is 5. The van der Waals surface area contributed by atoms with Crippen molar-refractivity contribution in [2.75, 3.05) is 0 Å². The van der Waals surface area contributed by atoms with E-state index < -0.39 is 16.5 Å². The largest absolute Gasteiger partial charge is 0.595 e. The molecule has 0 radical (unpaired) electrons. The predicted octanol–water partition coefficient (Wildman–Crippen LogP) is 0.267. The number of hydrogen-bond donors (Lipinski definition) is 3. The smallest absolute Gasteiger partial charge is 0.330 e. The van der Waals surface area contributed by atoms with Crippen LogP contribution in [0, 0.1) is 5.21 Å². The maximum Gasteiger partial charge on any atom is 0.330 e. The van der Waals surface area contributed by atoms with Crippen LogP contribution in [0.3, 0.4) is 0 Å². The molecule has 1 heterocycles. The van der Waals surface area contributed by atoms with Gasteiger partial charge in [0, 0.05) is 12.1 Å². The second-order valence-corrected chi connectivity index (χ2v) is 5.19. The molecule has 0 aliphatic carbocycles. The van der Waals surface area contributed by atoms with Crippen LogP contribution in [-0.4, -0.2) is 14.8 Å². The summed E-state index contributed by atoms with van der Waals surface area (Å²) < 4.78 is 6.79. The topological polar surface area (TPSA) is 112 Å². The first kappa shape index (κ1) is 16.1. The molecular formula is C16H15N3O5. The van der Waals surface area contributed by atoms with Gasteiger partial charge >= 0.3 is 5.69 Å². The molecule has 1 unspecified atom stereocenters. The molecule has 0 saturated carbocycles. The minimum Gasteiger partial charge on any atom is -0.595 e. The van der Waals surface area contributed by atoms with Gasteiger partial charge < -0.3 is 9.94 Å². The number of fused-ring (bicyclic) bond motifs is 1. The van der Waals surface area contributed by atoms with Gasteiger partial charge in [-0.1, -0.05) is 30.3 Å². The summed E-state index contributed by atoms with van der Waals surface area (Å²) in [4.78, 5) is 26.1. The van der Waals surface area contributed by atoms with Gasteiger partial charge in [-0.2, -0.15) is 5.23 Å². The second kappa shape index (κ2) is 6.77. The van der Waals surface area contributed by atoms with E-state index in [9.17, 15) is 14.8 Å². The van der Waals surface area contributed by atoms with Crippen LogP contribution in [0.1, 0.15) is 5.56 Å². The lowest BCUT2D eigenvalue weighted by molar-refractivity contribution is -0.991. The Bertz CT molecular complexity index is 963. The molecule has 1 aromatic heterocycles. The molecule has 8 nitrogen and oxygen atoms in total. The van der Waals surface area contributed by atoms with Crippen molar-refractivity contribution in [1.29, 1.82) is 0 Å². The summed E-state index contributed by atoms with van der Waals surface area (Å²) in [7, 11) is 0. The molecule has 8 heteroatoms. The fraction of sp³-hybridized carbons (Fsp3) is 0.125. The first-order chi connectivity index (χ1) is 11.6. The lowest BCUT2D eigenvalue weighted by Gasteiger charge is -2.14. The van der Waals surface area contributed by atoms with Crippen molar-refractivity contribution >= 4 is 16.6 Å². The number of nitrogens with zero attached hydrogens (tertiary/aromatic N) is 1. The highest BCUT2D eigenvalue weighted by Gasteiger charge is 2.10. The van der Waals surface area contributed by atoms with E-state index in [1.165, 1.54) is 22.8 Å². The summed E-state index contributed by atoms with van der Waals surface area (Å²) in [6, 6.07) is 13.5. The molecule has 3 aromatic rings. The number of H-pyrrole nitrogens is 1. The highest BCUT2D eigenvalue weighted by Crippen LogP contribution is 2.12. The van der Waals surface area contributed by atoms with E-state index in [-0.39, 0.29) is 17.8 Å². The van der Waals surface area contributed by atoms with E-state index in [1.807, 2.05) is 30.3 Å². The number of ether oxygens (including phenoxy) is 1. The van der Waals surface area contributed by atoms with Crippen molar-refractivity contribution in [2.24, 2.45) is 0 Å². The lowest BCUT2D eigenvalue weighted by Crippen LogP contribution is -2.99. The van der Waals surface area contributed by atoms with E-state index in [4.69, 9.17) is 9.94 Å². The standard InChI is InChI=1S/C16H15N3O5/c20-15-13-8-12(19(22)23)6-7-14(13)18(16(21)17-15)10-24-9-11-4-2-1-3-5-11/h1-8,19,22H,9-10H2,(H,17,20,21). The van der Waals surface area contributed by atoms with Gasteiger partial charge in [0.15, 0.2) is 5.69 Å². The molecule has 1 atom stereocenters. The van der Waals surface area contributed by atoms with Gasteiger partial charge in [-0.05, 0) is 11.6 Å². The fourth-order valence-electron chi connectivity index (χ4n) is 2.38.